The largest absolute Gasteiger partial charge is 0.481 e. The zero-order valence-electron chi connectivity index (χ0n) is 24.7. The summed E-state index contributed by atoms with van der Waals surface area (Å²) >= 11 is 6.60. The Bertz CT molecular complexity index is 1280. The topological polar surface area (TPSA) is 115 Å². The van der Waals surface area contributed by atoms with Gasteiger partial charge in [0.25, 0.3) is 5.89 Å². The van der Waals surface area contributed by atoms with E-state index in [2.05, 4.69) is 33.2 Å². The molecule has 8 nitrogen and oxygen atoms in total. The molecule has 222 valence electrons. The molecule has 0 unspecified atom stereocenters. The van der Waals surface area contributed by atoms with Crippen LogP contribution in [0.2, 0.25) is 5.02 Å². The first-order chi connectivity index (χ1) is 19.5. The second-order valence-corrected chi connectivity index (χ2v) is 12.9. The lowest BCUT2D eigenvalue weighted by Crippen LogP contribution is -2.46. The molecule has 0 atom stereocenters. The molecule has 2 heterocycles. The van der Waals surface area contributed by atoms with Crippen molar-refractivity contribution in [2.45, 2.75) is 77.3 Å². The molecule has 1 aliphatic carbocycles. The van der Waals surface area contributed by atoms with Crippen LogP contribution in [0, 0.1) is 5.41 Å². The van der Waals surface area contributed by atoms with E-state index in [1.54, 1.807) is 7.11 Å². The van der Waals surface area contributed by atoms with Crippen LogP contribution in [0.1, 0.15) is 76.3 Å². The molecule has 5 rings (SSSR count). The van der Waals surface area contributed by atoms with Crippen LogP contribution in [0.5, 0.6) is 0 Å². The molecule has 2 fully saturated rings. The van der Waals surface area contributed by atoms with Crippen molar-refractivity contribution in [2.75, 3.05) is 26.8 Å². The summed E-state index contributed by atoms with van der Waals surface area (Å²) in [6, 6.07) is 14.2. The standard InChI is InChI=1S/C28H32ClN3O4.C4H11N/c1-35-18-28(27(33)34)12-14-32(15-13-28)17-19-6-8-21(9-7-19)25-30-26(36-31-25)22-10-11-23(24(29)16-22)20-4-2-3-5-20;1-4(2,3)5/h6-11,16,20H,2-5,12-15,17-18H2,1H3,(H,33,34);5H2,1-3H3. The Hall–Kier alpha value is -2.78. The lowest BCUT2D eigenvalue weighted by atomic mass is 9.79. The number of hydrogen-bond acceptors (Lipinski definition) is 7. The van der Waals surface area contributed by atoms with E-state index >= 15 is 0 Å². The van der Waals surface area contributed by atoms with Crippen molar-refractivity contribution in [1.82, 2.24) is 15.0 Å². The van der Waals surface area contributed by atoms with Crippen molar-refractivity contribution in [3.63, 3.8) is 0 Å². The van der Waals surface area contributed by atoms with Gasteiger partial charge in [0.1, 0.15) is 0 Å². The number of benzene rings is 2. The minimum atomic E-state index is -0.771. The fraction of sp³-hybridized carbons (Fsp3) is 0.531. The molecule has 0 amide bonds. The monoisotopic (exact) mass is 582 g/mol. The summed E-state index contributed by atoms with van der Waals surface area (Å²) in [5, 5.41) is 14.6. The summed E-state index contributed by atoms with van der Waals surface area (Å²) in [7, 11) is 1.56. The van der Waals surface area contributed by atoms with E-state index < -0.39 is 11.4 Å². The summed E-state index contributed by atoms with van der Waals surface area (Å²) in [4.78, 5) is 18.6. The van der Waals surface area contributed by atoms with Crippen molar-refractivity contribution in [2.24, 2.45) is 11.1 Å². The second kappa shape index (κ2) is 13.5. The summed E-state index contributed by atoms with van der Waals surface area (Å²) in [6.45, 7) is 8.38. The highest BCUT2D eigenvalue weighted by Crippen LogP contribution is 2.39. The van der Waals surface area contributed by atoms with Gasteiger partial charge in [0, 0.05) is 35.3 Å². The fourth-order valence-corrected chi connectivity index (χ4v) is 5.87. The first-order valence-electron chi connectivity index (χ1n) is 14.4. The number of piperidine rings is 1. The average molecular weight is 583 g/mol. The Morgan fingerprint density at radius 2 is 1.73 bits per heavy atom. The molecule has 1 aliphatic heterocycles. The number of carbonyl (C=O) groups is 1. The van der Waals surface area contributed by atoms with E-state index in [0.717, 1.165) is 41.3 Å². The van der Waals surface area contributed by atoms with Gasteiger partial charge in [0.15, 0.2) is 0 Å². The SMILES string of the molecule is CC(C)(C)N.COCC1(C(=O)O)CCN(Cc2ccc(-c3noc(-c4ccc(C5CCCC5)c(Cl)c4)n3)cc2)CC1. The van der Waals surface area contributed by atoms with Crippen molar-refractivity contribution in [3.05, 3.63) is 58.6 Å². The molecule has 2 aromatic carbocycles. The third-order valence-electron chi connectivity index (χ3n) is 7.77. The maximum Gasteiger partial charge on any atom is 0.312 e. The smallest absolute Gasteiger partial charge is 0.312 e. The maximum atomic E-state index is 11.8. The molecule has 1 aromatic heterocycles. The van der Waals surface area contributed by atoms with Crippen molar-refractivity contribution >= 4 is 17.6 Å². The zero-order chi connectivity index (χ0) is 29.6. The summed E-state index contributed by atoms with van der Waals surface area (Å²) < 4.78 is 10.7. The number of methoxy groups -OCH3 is 1. The molecule has 3 N–H and O–H groups in total. The van der Waals surface area contributed by atoms with Gasteiger partial charge in [-0.15, -0.1) is 0 Å². The molecule has 0 spiro atoms. The molecular weight excluding hydrogens is 540 g/mol. The highest BCUT2D eigenvalue weighted by molar-refractivity contribution is 6.31. The molecule has 41 heavy (non-hydrogen) atoms. The van der Waals surface area contributed by atoms with Crippen molar-refractivity contribution in [3.8, 4) is 22.8 Å². The minimum Gasteiger partial charge on any atom is -0.481 e. The highest BCUT2D eigenvalue weighted by Gasteiger charge is 2.41. The summed E-state index contributed by atoms with van der Waals surface area (Å²) in [5.41, 5.74) is 8.67. The number of carboxylic acid groups (broad SMARTS) is 1. The molecule has 1 saturated carbocycles. The molecule has 1 saturated heterocycles. The van der Waals surface area contributed by atoms with Crippen LogP contribution in [0.4, 0.5) is 0 Å². The highest BCUT2D eigenvalue weighted by atomic mass is 35.5. The van der Waals surface area contributed by atoms with Crippen LogP contribution >= 0.6 is 11.6 Å². The zero-order valence-corrected chi connectivity index (χ0v) is 25.4. The molecule has 0 radical (unpaired) electrons. The molecule has 9 heteroatoms. The van der Waals surface area contributed by atoms with Crippen LogP contribution in [-0.4, -0.2) is 58.5 Å². The van der Waals surface area contributed by atoms with Gasteiger partial charge in [-0.1, -0.05) is 59.9 Å². The van der Waals surface area contributed by atoms with Crippen molar-refractivity contribution < 1.29 is 19.2 Å². The number of nitrogens with two attached hydrogens (primary N) is 1. The van der Waals surface area contributed by atoms with E-state index in [9.17, 15) is 9.90 Å². The van der Waals surface area contributed by atoms with Crippen LogP contribution in [-0.2, 0) is 16.1 Å². The number of rotatable bonds is 8. The average Bonchev–Trinajstić information content (AvgIpc) is 3.63. The number of aliphatic carboxylic acids is 1. The van der Waals surface area contributed by atoms with Gasteiger partial charge >= 0.3 is 5.97 Å². The Morgan fingerprint density at radius 3 is 2.29 bits per heavy atom. The summed E-state index contributed by atoms with van der Waals surface area (Å²) in [6.07, 6.45) is 6.12. The van der Waals surface area contributed by atoms with Gasteiger partial charge in [-0.2, -0.15) is 4.98 Å². The van der Waals surface area contributed by atoms with Gasteiger partial charge in [0.05, 0.1) is 12.0 Å². The number of aromatic nitrogens is 2. The number of ether oxygens (including phenoxy) is 1. The van der Waals surface area contributed by atoms with Gasteiger partial charge < -0.3 is 20.1 Å². The lowest BCUT2D eigenvalue weighted by molar-refractivity contribution is -0.156. The Balaban J connectivity index is 0.000000714. The molecular formula is C32H43ClN4O4. The van der Waals surface area contributed by atoms with E-state index in [1.165, 1.54) is 31.2 Å². The Morgan fingerprint density at radius 1 is 1.12 bits per heavy atom. The van der Waals surface area contributed by atoms with Crippen LogP contribution in [0.15, 0.2) is 47.0 Å². The number of likely N-dealkylation sites (tertiary alicyclic amines) is 1. The first kappa shape index (κ1) is 31.2. The Kier molecular flexibility index (Phi) is 10.2. The molecule has 2 aliphatic rings. The molecule has 0 bridgehead atoms. The van der Waals surface area contributed by atoms with Crippen LogP contribution in [0.25, 0.3) is 22.8 Å². The number of halogens is 1. The van der Waals surface area contributed by atoms with E-state index in [4.69, 9.17) is 26.6 Å². The number of nitrogens with zero attached hydrogens (tertiary/aromatic N) is 3. The summed E-state index contributed by atoms with van der Waals surface area (Å²) in [5.74, 6) is 0.787. The predicted molar refractivity (Wildman–Crippen MR) is 162 cm³/mol. The van der Waals surface area contributed by atoms with E-state index in [-0.39, 0.29) is 12.1 Å². The van der Waals surface area contributed by atoms with Gasteiger partial charge in [0.2, 0.25) is 5.82 Å². The van der Waals surface area contributed by atoms with Gasteiger partial charge in [-0.3, -0.25) is 9.69 Å². The number of carboxylic acids is 1. The van der Waals surface area contributed by atoms with E-state index in [0.29, 0.717) is 30.5 Å². The Labute approximate surface area is 248 Å². The van der Waals surface area contributed by atoms with Gasteiger partial charge in [-0.25, -0.2) is 0 Å². The van der Waals surface area contributed by atoms with Crippen molar-refractivity contribution in [1.29, 1.82) is 0 Å². The normalized spacial score (nSPS) is 17.7. The lowest BCUT2D eigenvalue weighted by Gasteiger charge is -2.38. The van der Waals surface area contributed by atoms with E-state index in [1.807, 2.05) is 45.0 Å². The van der Waals surface area contributed by atoms with Gasteiger partial charge in [-0.05, 0) is 88.7 Å². The third-order valence-corrected chi connectivity index (χ3v) is 8.10. The first-order valence-corrected chi connectivity index (χ1v) is 14.8. The minimum absolute atomic E-state index is 0. The second-order valence-electron chi connectivity index (χ2n) is 12.5. The van der Waals surface area contributed by atoms with Crippen LogP contribution < -0.4 is 5.73 Å². The van der Waals surface area contributed by atoms with Crippen LogP contribution in [0.3, 0.4) is 0 Å². The fourth-order valence-electron chi connectivity index (χ4n) is 5.54. The number of hydrogen-bond donors (Lipinski definition) is 2. The predicted octanol–water partition coefficient (Wildman–Crippen LogP) is 6.77. The molecule has 3 aromatic rings. The quantitative estimate of drug-likeness (QED) is 0.299. The maximum absolute atomic E-state index is 11.8. The third kappa shape index (κ3) is 8.38.